The van der Waals surface area contributed by atoms with Crippen molar-refractivity contribution in [3.63, 3.8) is 0 Å². The number of thioether (sulfide) groups is 1. The number of carbonyl (C=O) groups excluding carboxylic acids is 3. The number of hydrogen-bond donors (Lipinski definition) is 6. The number of carboxylic acids is 1. The highest BCUT2D eigenvalue weighted by atomic mass is 32.2. The summed E-state index contributed by atoms with van der Waals surface area (Å²) in [6.07, 6.45) is 1.47. The van der Waals surface area contributed by atoms with E-state index in [2.05, 4.69) is 21.3 Å². The van der Waals surface area contributed by atoms with E-state index in [1.807, 2.05) is 11.8 Å². The fourth-order valence-electron chi connectivity index (χ4n) is 5.93. The summed E-state index contributed by atoms with van der Waals surface area (Å²) in [4.78, 5) is 54.2. The van der Waals surface area contributed by atoms with Crippen molar-refractivity contribution in [3.05, 3.63) is 10.6 Å². The number of β-lactam (4-membered cyclic amide) rings is 1. The number of nitrogens with zero attached hydrogens (tertiary/aromatic N) is 2. The number of likely N-dealkylation sites (N-methyl/N-ethyl adjacent to an activating group) is 1. The molecular formula is C23H37N7O5S. The number of nitrogens with two attached hydrogens (primary N) is 1. The Morgan fingerprint density at radius 1 is 1.33 bits per heavy atom. The fraction of sp³-hybridized carbons (Fsp3) is 0.739. The molecule has 4 heterocycles. The topological polar surface area (TPSA) is 169 Å². The normalized spacial score (nSPS) is 32.5. The maximum absolute atomic E-state index is 13.0. The van der Waals surface area contributed by atoms with Crippen LogP contribution in [0.2, 0.25) is 0 Å². The van der Waals surface area contributed by atoms with Crippen LogP contribution in [-0.4, -0.2) is 108 Å². The highest BCUT2D eigenvalue weighted by Crippen LogP contribution is 2.51. The van der Waals surface area contributed by atoms with E-state index < -0.39 is 17.9 Å². The maximum atomic E-state index is 13.0. The molecule has 1 unspecified atom stereocenters. The van der Waals surface area contributed by atoms with Gasteiger partial charge in [0.25, 0.3) is 0 Å². The van der Waals surface area contributed by atoms with Crippen molar-refractivity contribution in [2.24, 2.45) is 17.6 Å². The molecule has 13 heteroatoms. The van der Waals surface area contributed by atoms with E-state index in [1.165, 1.54) is 16.7 Å². The Morgan fingerprint density at radius 2 is 2.08 bits per heavy atom. The molecule has 200 valence electrons. The molecule has 0 aliphatic carbocycles. The van der Waals surface area contributed by atoms with Crippen molar-refractivity contribution >= 4 is 35.5 Å². The lowest BCUT2D eigenvalue weighted by Gasteiger charge is -2.47. The van der Waals surface area contributed by atoms with Gasteiger partial charge in [-0.05, 0) is 26.8 Å². The van der Waals surface area contributed by atoms with Crippen LogP contribution in [0.3, 0.4) is 0 Å². The molecule has 4 aliphatic heterocycles. The molecule has 3 saturated heterocycles. The lowest BCUT2D eigenvalue weighted by Crippen LogP contribution is -2.66. The largest absolute Gasteiger partial charge is 0.477 e. The first-order chi connectivity index (χ1) is 17.2. The van der Waals surface area contributed by atoms with E-state index in [1.54, 1.807) is 14.0 Å². The average molecular weight is 524 g/mol. The molecular weight excluding hydrogens is 486 g/mol. The van der Waals surface area contributed by atoms with Crippen LogP contribution in [0.5, 0.6) is 0 Å². The lowest BCUT2D eigenvalue weighted by molar-refractivity contribution is -0.158. The number of carboxylic acid groups (broad SMARTS) is 1. The van der Waals surface area contributed by atoms with Crippen LogP contribution in [0.15, 0.2) is 10.6 Å². The zero-order valence-corrected chi connectivity index (χ0v) is 21.8. The Labute approximate surface area is 215 Å². The van der Waals surface area contributed by atoms with Gasteiger partial charge in [0.1, 0.15) is 5.70 Å². The van der Waals surface area contributed by atoms with Crippen LogP contribution in [0.1, 0.15) is 26.7 Å². The van der Waals surface area contributed by atoms with Gasteiger partial charge in [0.2, 0.25) is 17.7 Å². The molecule has 0 aromatic carbocycles. The van der Waals surface area contributed by atoms with Crippen LogP contribution in [-0.2, 0) is 19.2 Å². The monoisotopic (exact) mass is 523 g/mol. The number of nitrogens with one attached hydrogen (secondary N) is 4. The van der Waals surface area contributed by atoms with Gasteiger partial charge in [-0.3, -0.25) is 14.4 Å². The van der Waals surface area contributed by atoms with Crippen molar-refractivity contribution in [3.8, 4) is 0 Å². The fourth-order valence-corrected chi connectivity index (χ4v) is 7.41. The number of likely N-dealkylation sites (tertiary alicyclic amines) is 1. The van der Waals surface area contributed by atoms with Gasteiger partial charge in [-0.2, -0.15) is 0 Å². The maximum Gasteiger partial charge on any atom is 0.353 e. The third-order valence-electron chi connectivity index (χ3n) is 7.64. The minimum Gasteiger partial charge on any atom is -0.477 e. The second-order valence-electron chi connectivity index (χ2n) is 10.0. The molecule has 3 amide bonds. The number of hydrogen-bond acceptors (Lipinski definition) is 9. The molecule has 7 atom stereocenters. The summed E-state index contributed by atoms with van der Waals surface area (Å²) in [6.45, 7) is 6.18. The molecule has 4 aliphatic rings. The molecule has 0 aromatic rings. The van der Waals surface area contributed by atoms with Gasteiger partial charge < -0.3 is 41.9 Å². The second-order valence-corrected chi connectivity index (χ2v) is 11.4. The minimum atomic E-state index is -1.13. The van der Waals surface area contributed by atoms with Crippen molar-refractivity contribution in [2.45, 2.75) is 56.1 Å². The zero-order valence-electron chi connectivity index (χ0n) is 21.0. The molecule has 0 bridgehead atoms. The first-order valence-corrected chi connectivity index (χ1v) is 13.4. The van der Waals surface area contributed by atoms with E-state index in [4.69, 9.17) is 5.73 Å². The summed E-state index contributed by atoms with van der Waals surface area (Å²) < 4.78 is 0. The second kappa shape index (κ2) is 11.1. The van der Waals surface area contributed by atoms with Crippen molar-refractivity contribution in [1.29, 1.82) is 0 Å². The van der Waals surface area contributed by atoms with E-state index in [-0.39, 0.29) is 59.3 Å². The number of carbonyl (C=O) groups is 4. The number of fused-ring (bicyclic) bond motifs is 1. The number of rotatable bonds is 10. The van der Waals surface area contributed by atoms with E-state index >= 15 is 0 Å². The average Bonchev–Trinajstić information content (AvgIpc) is 3.53. The predicted molar refractivity (Wildman–Crippen MR) is 134 cm³/mol. The van der Waals surface area contributed by atoms with Gasteiger partial charge in [0.05, 0.1) is 24.5 Å². The highest BCUT2D eigenvalue weighted by Gasteiger charge is 2.60. The number of aliphatic carboxylic acids is 1. The van der Waals surface area contributed by atoms with E-state index in [9.17, 15) is 24.3 Å². The van der Waals surface area contributed by atoms with E-state index in [0.717, 1.165) is 6.42 Å². The Hall–Kier alpha value is -2.19. The smallest absolute Gasteiger partial charge is 0.353 e. The number of amides is 3. The summed E-state index contributed by atoms with van der Waals surface area (Å²) in [7, 11) is 1.67. The van der Waals surface area contributed by atoms with Gasteiger partial charge >= 0.3 is 5.97 Å². The Kier molecular flexibility index (Phi) is 8.25. The first-order valence-electron chi connectivity index (χ1n) is 12.5. The molecule has 7 N–H and O–H groups in total. The SMILES string of the molecule is CNCC(=O)N[C@H](C)[C@H]1C(=O)N2C(C(=O)O)=C(SC3CN[C@H](C(=O)N4CC[C@H](NCN)C4)C3)[C@H](C)[C@H]12. The van der Waals surface area contributed by atoms with Crippen LogP contribution in [0.25, 0.3) is 0 Å². The summed E-state index contributed by atoms with van der Waals surface area (Å²) in [6, 6.07) is -0.805. The van der Waals surface area contributed by atoms with Gasteiger partial charge in [-0.25, -0.2) is 4.79 Å². The summed E-state index contributed by atoms with van der Waals surface area (Å²) in [5.41, 5.74) is 5.60. The highest BCUT2D eigenvalue weighted by molar-refractivity contribution is 8.03. The van der Waals surface area contributed by atoms with Gasteiger partial charge in [-0.1, -0.05) is 6.92 Å². The molecule has 0 radical (unpaired) electrons. The van der Waals surface area contributed by atoms with Crippen LogP contribution < -0.4 is 27.0 Å². The molecule has 0 spiro atoms. The summed E-state index contributed by atoms with van der Waals surface area (Å²) in [5, 5.41) is 22.1. The zero-order chi connectivity index (χ0) is 26.1. The quantitative estimate of drug-likeness (QED) is 0.140. The van der Waals surface area contributed by atoms with Gasteiger partial charge in [-0.15, -0.1) is 11.8 Å². The van der Waals surface area contributed by atoms with Gasteiger partial charge in [0, 0.05) is 54.5 Å². The summed E-state index contributed by atoms with van der Waals surface area (Å²) in [5.74, 6) is -2.20. The molecule has 3 fully saturated rings. The third kappa shape index (κ3) is 4.99. The molecule has 0 saturated carbocycles. The van der Waals surface area contributed by atoms with Crippen molar-refractivity contribution in [1.82, 2.24) is 31.1 Å². The van der Waals surface area contributed by atoms with Crippen LogP contribution in [0, 0.1) is 11.8 Å². The van der Waals surface area contributed by atoms with Crippen LogP contribution >= 0.6 is 11.8 Å². The first kappa shape index (κ1) is 26.9. The minimum absolute atomic E-state index is 0.0197. The molecule has 36 heavy (non-hydrogen) atoms. The summed E-state index contributed by atoms with van der Waals surface area (Å²) >= 11 is 1.46. The van der Waals surface area contributed by atoms with Gasteiger partial charge in [0.15, 0.2) is 0 Å². The third-order valence-corrected chi connectivity index (χ3v) is 9.16. The molecule has 4 rings (SSSR count). The van der Waals surface area contributed by atoms with Crippen molar-refractivity contribution in [2.75, 3.05) is 39.9 Å². The van der Waals surface area contributed by atoms with Crippen molar-refractivity contribution < 1.29 is 24.3 Å². The Bertz CT molecular complexity index is 946. The molecule has 12 nitrogen and oxygen atoms in total. The predicted octanol–water partition coefficient (Wildman–Crippen LogP) is -1.95. The standard InChI is InChI=1S/C23H37N7O5S/c1-11-18-17(12(2)28-16(31)8-25-3)22(33)30(18)19(23(34)35)20(11)36-14-6-15(26-7-14)21(32)29-5-4-13(9-29)27-10-24/h11-15,17-18,25-27H,4-10,24H2,1-3H3,(H,28,31)(H,34,35)/t11-,12-,13+,14?,15+,17-,18-/m1/s1. The lowest BCUT2D eigenvalue weighted by atomic mass is 9.78. The molecule has 0 aromatic heterocycles. The Morgan fingerprint density at radius 3 is 2.75 bits per heavy atom. The Balaban J connectivity index is 1.40. The van der Waals surface area contributed by atoms with Crippen LogP contribution in [0.4, 0.5) is 0 Å². The van der Waals surface area contributed by atoms with E-state index in [0.29, 0.717) is 37.6 Å².